The van der Waals surface area contributed by atoms with Gasteiger partial charge in [-0.25, -0.2) is 4.79 Å². The largest absolute Gasteiger partial charge is 0.492 e. The van der Waals surface area contributed by atoms with E-state index in [1.54, 1.807) is 0 Å². The van der Waals surface area contributed by atoms with Crippen molar-refractivity contribution in [1.82, 2.24) is 0 Å². The van der Waals surface area contributed by atoms with Crippen LogP contribution in [0.1, 0.15) is 78.1 Å². The lowest BCUT2D eigenvalue weighted by molar-refractivity contribution is 0.281. The van der Waals surface area contributed by atoms with Gasteiger partial charge in [0.05, 0.1) is 25.7 Å². The number of rotatable bonds is 16. The fourth-order valence-corrected chi connectivity index (χ4v) is 3.53. The molecule has 2 rings (SSSR count). The summed E-state index contributed by atoms with van der Waals surface area (Å²) in [6.07, 6.45) is 15.7. The standard InChI is InChI=1S/C26H38O5/c1-4-6-8-10-11-12-13-15-19-29-22-18-16-17-21-23(22)31-26(27)25(24(21)28-3)30-20-14-9-7-5-2/h7,9,16-18H,4-6,8,10-15,19-20H2,1-3H3/b9-7+. The van der Waals surface area contributed by atoms with Crippen LogP contribution in [-0.4, -0.2) is 20.3 Å². The molecule has 5 heteroatoms. The minimum Gasteiger partial charge on any atom is -0.492 e. The lowest BCUT2D eigenvalue weighted by Crippen LogP contribution is -2.10. The molecule has 1 aromatic carbocycles. The van der Waals surface area contributed by atoms with Gasteiger partial charge in [0.15, 0.2) is 17.1 Å². The summed E-state index contributed by atoms with van der Waals surface area (Å²) in [4.78, 5) is 12.6. The second-order valence-electron chi connectivity index (χ2n) is 7.72. The molecule has 0 fully saturated rings. The zero-order valence-electron chi connectivity index (χ0n) is 19.4. The topological polar surface area (TPSA) is 57.9 Å². The van der Waals surface area contributed by atoms with Gasteiger partial charge in [0.1, 0.15) is 0 Å². The van der Waals surface area contributed by atoms with E-state index in [2.05, 4.69) is 19.9 Å². The van der Waals surface area contributed by atoms with Gasteiger partial charge >= 0.3 is 5.63 Å². The fraction of sp³-hybridized carbons (Fsp3) is 0.577. The van der Waals surface area contributed by atoms with Crippen LogP contribution in [0, 0.1) is 0 Å². The van der Waals surface area contributed by atoms with Crippen LogP contribution >= 0.6 is 0 Å². The number of fused-ring (bicyclic) bond motifs is 1. The molecule has 0 spiro atoms. The molecule has 0 unspecified atom stereocenters. The van der Waals surface area contributed by atoms with E-state index >= 15 is 0 Å². The molecule has 0 aliphatic carbocycles. The predicted molar refractivity (Wildman–Crippen MR) is 127 cm³/mol. The van der Waals surface area contributed by atoms with Crippen molar-refractivity contribution in [1.29, 1.82) is 0 Å². The summed E-state index contributed by atoms with van der Waals surface area (Å²) in [6.45, 7) is 5.30. The molecule has 0 saturated carbocycles. The van der Waals surface area contributed by atoms with Gasteiger partial charge in [0.25, 0.3) is 0 Å². The molecule has 0 atom stereocenters. The third-order valence-corrected chi connectivity index (χ3v) is 5.20. The molecule has 0 aliphatic rings. The molecule has 31 heavy (non-hydrogen) atoms. The maximum atomic E-state index is 12.6. The Morgan fingerprint density at radius 1 is 0.871 bits per heavy atom. The van der Waals surface area contributed by atoms with Crippen LogP contribution < -0.4 is 19.8 Å². The molecule has 172 valence electrons. The van der Waals surface area contributed by atoms with E-state index in [1.807, 2.05) is 24.3 Å². The normalized spacial score (nSPS) is 11.3. The van der Waals surface area contributed by atoms with E-state index in [9.17, 15) is 4.79 Å². The molecule has 2 aromatic rings. The van der Waals surface area contributed by atoms with Gasteiger partial charge < -0.3 is 18.6 Å². The van der Waals surface area contributed by atoms with Crippen molar-refractivity contribution in [2.45, 2.75) is 78.1 Å². The SMILES string of the molecule is CC/C=C/CCOc1c(OC)c2cccc(OCCCCCCCCCC)c2oc1=O. The third-order valence-electron chi connectivity index (χ3n) is 5.20. The number of methoxy groups -OCH3 is 1. The average Bonchev–Trinajstić information content (AvgIpc) is 2.78. The number of hydrogen-bond acceptors (Lipinski definition) is 5. The minimum atomic E-state index is -0.549. The molecule has 5 nitrogen and oxygen atoms in total. The maximum absolute atomic E-state index is 12.6. The highest BCUT2D eigenvalue weighted by Crippen LogP contribution is 2.36. The Hall–Kier alpha value is -2.43. The first-order valence-corrected chi connectivity index (χ1v) is 11.8. The van der Waals surface area contributed by atoms with Crippen molar-refractivity contribution in [2.75, 3.05) is 20.3 Å². The van der Waals surface area contributed by atoms with Crippen molar-refractivity contribution >= 4 is 11.0 Å². The summed E-state index contributed by atoms with van der Waals surface area (Å²) in [5, 5.41) is 0.676. The second kappa shape index (κ2) is 14.6. The zero-order valence-corrected chi connectivity index (χ0v) is 19.4. The zero-order chi connectivity index (χ0) is 22.3. The van der Waals surface area contributed by atoms with Crippen molar-refractivity contribution < 1.29 is 18.6 Å². The fourth-order valence-electron chi connectivity index (χ4n) is 3.53. The van der Waals surface area contributed by atoms with Crippen LogP contribution in [0.4, 0.5) is 0 Å². The first-order valence-electron chi connectivity index (χ1n) is 11.8. The van der Waals surface area contributed by atoms with Gasteiger partial charge in [-0.2, -0.15) is 0 Å². The highest BCUT2D eigenvalue weighted by atomic mass is 16.5. The molecular weight excluding hydrogens is 392 g/mol. The first kappa shape index (κ1) is 24.8. The number of hydrogen-bond donors (Lipinski definition) is 0. The van der Waals surface area contributed by atoms with E-state index in [1.165, 1.54) is 45.6 Å². The van der Waals surface area contributed by atoms with Crippen LogP contribution in [-0.2, 0) is 0 Å². The Bertz CT molecular complexity index is 853. The van der Waals surface area contributed by atoms with Crippen LogP contribution in [0.3, 0.4) is 0 Å². The third kappa shape index (κ3) is 7.97. The van der Waals surface area contributed by atoms with Crippen LogP contribution in [0.2, 0.25) is 0 Å². The summed E-state index contributed by atoms with van der Waals surface area (Å²) in [6, 6.07) is 5.55. The lowest BCUT2D eigenvalue weighted by Gasteiger charge is -2.13. The molecule has 1 heterocycles. The van der Waals surface area contributed by atoms with Crippen LogP contribution in [0.25, 0.3) is 11.0 Å². The quantitative estimate of drug-likeness (QED) is 0.162. The Morgan fingerprint density at radius 2 is 1.61 bits per heavy atom. The molecule has 0 saturated heterocycles. The van der Waals surface area contributed by atoms with Gasteiger partial charge in [-0.3, -0.25) is 0 Å². The van der Waals surface area contributed by atoms with Crippen LogP contribution in [0.5, 0.6) is 17.2 Å². The van der Waals surface area contributed by atoms with E-state index in [0.29, 0.717) is 35.7 Å². The minimum absolute atomic E-state index is 0.111. The first-order chi connectivity index (χ1) is 15.2. The summed E-state index contributed by atoms with van der Waals surface area (Å²) >= 11 is 0. The summed E-state index contributed by atoms with van der Waals surface area (Å²) in [5.74, 6) is 1.07. The number of para-hydroxylation sites is 1. The molecular formula is C26H38O5. The molecule has 0 bridgehead atoms. The Labute approximate surface area is 186 Å². The van der Waals surface area contributed by atoms with Gasteiger partial charge in [0, 0.05) is 0 Å². The van der Waals surface area contributed by atoms with E-state index in [-0.39, 0.29) is 5.75 Å². The van der Waals surface area contributed by atoms with E-state index in [4.69, 9.17) is 18.6 Å². The molecule has 1 aromatic heterocycles. The number of ether oxygens (including phenoxy) is 3. The number of allylic oxidation sites excluding steroid dienone is 1. The molecule has 0 amide bonds. The van der Waals surface area contributed by atoms with E-state index < -0.39 is 5.63 Å². The van der Waals surface area contributed by atoms with Crippen LogP contribution in [0.15, 0.2) is 39.6 Å². The summed E-state index contributed by atoms with van der Waals surface area (Å²) < 4.78 is 22.7. The molecule has 0 radical (unpaired) electrons. The Kier molecular flexibility index (Phi) is 11.7. The van der Waals surface area contributed by atoms with Gasteiger partial charge in [0.2, 0.25) is 5.75 Å². The smallest absolute Gasteiger partial charge is 0.383 e. The maximum Gasteiger partial charge on any atom is 0.383 e. The predicted octanol–water partition coefficient (Wildman–Crippen LogP) is 7.06. The van der Waals surface area contributed by atoms with Crippen molar-refractivity contribution in [2.24, 2.45) is 0 Å². The summed E-state index contributed by atoms with van der Waals surface area (Å²) in [7, 11) is 1.53. The van der Waals surface area contributed by atoms with Gasteiger partial charge in [-0.15, -0.1) is 0 Å². The number of benzene rings is 1. The highest BCUT2D eigenvalue weighted by molar-refractivity contribution is 5.89. The average molecular weight is 431 g/mol. The Morgan fingerprint density at radius 3 is 2.32 bits per heavy atom. The monoisotopic (exact) mass is 430 g/mol. The van der Waals surface area contributed by atoms with Crippen molar-refractivity contribution in [3.63, 3.8) is 0 Å². The molecule has 0 aliphatic heterocycles. The van der Waals surface area contributed by atoms with Crippen molar-refractivity contribution in [3.8, 4) is 17.2 Å². The van der Waals surface area contributed by atoms with Gasteiger partial charge in [-0.1, -0.05) is 77.0 Å². The second-order valence-corrected chi connectivity index (χ2v) is 7.72. The summed E-state index contributed by atoms with van der Waals surface area (Å²) in [5.41, 5.74) is -0.144. The Balaban J connectivity index is 1.98. The number of unbranched alkanes of at least 4 members (excludes halogenated alkanes) is 7. The molecule has 0 N–H and O–H groups in total. The van der Waals surface area contributed by atoms with Gasteiger partial charge in [-0.05, 0) is 31.4 Å². The van der Waals surface area contributed by atoms with Crippen molar-refractivity contribution in [3.05, 3.63) is 40.8 Å². The lowest BCUT2D eigenvalue weighted by atomic mass is 10.1. The van der Waals surface area contributed by atoms with E-state index in [0.717, 1.165) is 25.7 Å². The highest BCUT2D eigenvalue weighted by Gasteiger charge is 2.19.